The third-order valence-corrected chi connectivity index (χ3v) is 4.70. The van der Waals surface area contributed by atoms with Crippen LogP contribution < -0.4 is 10.4 Å². The fraction of sp³-hybridized carbons (Fsp3) is 0.409. The minimum absolute atomic E-state index is 0.0122. The number of benzene rings is 1. The van der Waals surface area contributed by atoms with Crippen molar-refractivity contribution in [3.8, 4) is 23.0 Å². The molecule has 0 aliphatic rings. The van der Waals surface area contributed by atoms with Gasteiger partial charge in [-0.2, -0.15) is 0 Å². The molecule has 1 N–H and O–H groups in total. The molecule has 1 aromatic carbocycles. The Balaban J connectivity index is 1.94. The zero-order chi connectivity index (χ0) is 21.3. The molecular weight excluding hydrogens is 372 g/mol. The van der Waals surface area contributed by atoms with Crippen molar-refractivity contribution >= 4 is 11.0 Å². The lowest BCUT2D eigenvalue weighted by Crippen LogP contribution is -2.38. The first-order valence-electron chi connectivity index (χ1n) is 9.49. The van der Waals surface area contributed by atoms with E-state index in [4.69, 9.17) is 13.6 Å². The summed E-state index contributed by atoms with van der Waals surface area (Å²) in [5.74, 6) is 1.29. The molecule has 3 aromatic rings. The Hall–Kier alpha value is -2.77. The third-order valence-electron chi connectivity index (χ3n) is 4.70. The largest absolute Gasteiger partial charge is 0.507 e. The van der Waals surface area contributed by atoms with Crippen LogP contribution in [0.2, 0.25) is 0 Å². The Bertz CT molecular complexity index is 1050. The highest BCUT2D eigenvalue weighted by Crippen LogP contribution is 2.34. The summed E-state index contributed by atoms with van der Waals surface area (Å²) in [6.07, 6.45) is 0.0122. The normalized spacial score (nSPS) is 11.9. The van der Waals surface area contributed by atoms with Gasteiger partial charge in [0.15, 0.2) is 11.5 Å². The molecule has 0 bridgehead atoms. The van der Waals surface area contributed by atoms with Crippen LogP contribution in [-0.4, -0.2) is 62.3 Å². The third kappa shape index (κ3) is 4.63. The van der Waals surface area contributed by atoms with E-state index in [1.807, 2.05) is 46.4 Å². The number of fused-ring (bicyclic) bond motifs is 1. The van der Waals surface area contributed by atoms with Gasteiger partial charge in [-0.1, -0.05) is 0 Å². The maximum absolute atomic E-state index is 12.0. The molecule has 29 heavy (non-hydrogen) atoms. The zero-order valence-electron chi connectivity index (χ0n) is 17.8. The summed E-state index contributed by atoms with van der Waals surface area (Å²) >= 11 is 0. The van der Waals surface area contributed by atoms with Crippen molar-refractivity contribution in [2.45, 2.75) is 20.0 Å². The molecule has 156 valence electrons. The summed E-state index contributed by atoms with van der Waals surface area (Å²) in [4.78, 5) is 16.1. The van der Waals surface area contributed by atoms with Crippen LogP contribution in [0.1, 0.15) is 11.1 Å². The second-order valence-corrected chi connectivity index (χ2v) is 7.89. The van der Waals surface area contributed by atoms with Crippen molar-refractivity contribution in [1.82, 2.24) is 9.80 Å². The molecule has 7 heteroatoms. The molecule has 0 radical (unpaired) electrons. The van der Waals surface area contributed by atoms with Gasteiger partial charge < -0.3 is 28.5 Å². The summed E-state index contributed by atoms with van der Waals surface area (Å²) in [6, 6.07) is 7.39. The topological polar surface area (TPSA) is 79.3 Å². The lowest BCUT2D eigenvalue weighted by atomic mass is 10.1. The van der Waals surface area contributed by atoms with Crippen molar-refractivity contribution in [2.75, 3.05) is 41.3 Å². The molecule has 0 saturated carbocycles. The van der Waals surface area contributed by atoms with Crippen LogP contribution in [0.5, 0.6) is 11.5 Å². The summed E-state index contributed by atoms with van der Waals surface area (Å²) < 4.78 is 17.4. The molecule has 0 unspecified atom stereocenters. The molecule has 2 aromatic heterocycles. The summed E-state index contributed by atoms with van der Waals surface area (Å²) in [5.41, 5.74) is 0.717. The smallest absolute Gasteiger partial charge is 0.343 e. The van der Waals surface area contributed by atoms with E-state index in [1.165, 1.54) is 6.92 Å². The van der Waals surface area contributed by atoms with Gasteiger partial charge in [0.05, 0.1) is 5.56 Å². The summed E-state index contributed by atoms with van der Waals surface area (Å²) in [5, 5.41) is 11.0. The van der Waals surface area contributed by atoms with Crippen LogP contribution in [0, 0.1) is 13.8 Å². The first-order chi connectivity index (χ1) is 13.7. The van der Waals surface area contributed by atoms with E-state index in [-0.39, 0.29) is 23.2 Å². The van der Waals surface area contributed by atoms with E-state index >= 15 is 0 Å². The molecule has 7 nitrogen and oxygen atoms in total. The summed E-state index contributed by atoms with van der Waals surface area (Å²) in [6.45, 7) is 4.80. The van der Waals surface area contributed by atoms with Crippen molar-refractivity contribution in [2.24, 2.45) is 0 Å². The van der Waals surface area contributed by atoms with Gasteiger partial charge >= 0.3 is 5.63 Å². The van der Waals surface area contributed by atoms with Crippen molar-refractivity contribution in [1.29, 1.82) is 0 Å². The molecule has 2 heterocycles. The molecule has 0 amide bonds. The van der Waals surface area contributed by atoms with Crippen LogP contribution in [-0.2, 0) is 0 Å². The average Bonchev–Trinajstić information content (AvgIpc) is 3.04. The number of furan rings is 1. The molecule has 0 spiro atoms. The number of rotatable bonds is 7. The van der Waals surface area contributed by atoms with Crippen LogP contribution in [0.15, 0.2) is 37.9 Å². The van der Waals surface area contributed by atoms with Gasteiger partial charge in [0.25, 0.3) is 0 Å². The molecule has 0 atom stereocenters. The van der Waals surface area contributed by atoms with Gasteiger partial charge in [-0.3, -0.25) is 0 Å². The Morgan fingerprint density at radius 2 is 1.66 bits per heavy atom. The van der Waals surface area contributed by atoms with Gasteiger partial charge in [0.1, 0.15) is 23.2 Å². The van der Waals surface area contributed by atoms with Crippen molar-refractivity contribution in [3.05, 3.63) is 45.8 Å². The molecule has 0 aliphatic carbocycles. The standard InChI is InChI=1S/C22H28N2O5/c1-13-20(25)14(2)22(26)29-21(13)19-10-15-9-16(7-8-18(15)28-19)27-17(11-23(3)4)12-24(5)6/h7-10,17,25H,11-12H2,1-6H3. The number of nitrogens with zero attached hydrogens (tertiary/aromatic N) is 2. The van der Waals surface area contributed by atoms with E-state index in [0.717, 1.165) is 24.2 Å². The van der Waals surface area contributed by atoms with Gasteiger partial charge in [0, 0.05) is 24.0 Å². The van der Waals surface area contributed by atoms with Gasteiger partial charge in [-0.15, -0.1) is 0 Å². The molecular formula is C22H28N2O5. The van der Waals surface area contributed by atoms with Crippen LogP contribution in [0.4, 0.5) is 0 Å². The van der Waals surface area contributed by atoms with Crippen molar-refractivity contribution in [3.63, 3.8) is 0 Å². The molecule has 3 rings (SSSR count). The Morgan fingerprint density at radius 3 is 2.28 bits per heavy atom. The number of aromatic hydroxyl groups is 1. The minimum atomic E-state index is -0.581. The minimum Gasteiger partial charge on any atom is -0.507 e. The molecule has 0 saturated heterocycles. The quantitative estimate of drug-likeness (QED) is 0.652. The molecule has 0 fully saturated rings. The average molecular weight is 400 g/mol. The lowest BCUT2D eigenvalue weighted by molar-refractivity contribution is 0.128. The Labute approximate surface area is 170 Å². The van der Waals surface area contributed by atoms with Crippen LogP contribution in [0.25, 0.3) is 22.5 Å². The van der Waals surface area contributed by atoms with E-state index in [0.29, 0.717) is 16.9 Å². The number of hydrogen-bond acceptors (Lipinski definition) is 7. The Kier molecular flexibility index (Phi) is 6.00. The van der Waals surface area contributed by atoms with Crippen LogP contribution in [0.3, 0.4) is 0 Å². The lowest BCUT2D eigenvalue weighted by Gasteiger charge is -2.25. The SMILES string of the molecule is Cc1c(-c2cc3cc(OC(CN(C)C)CN(C)C)ccc3o2)oc(=O)c(C)c1O. The first-order valence-corrected chi connectivity index (χ1v) is 9.49. The van der Waals surface area contributed by atoms with Crippen molar-refractivity contribution < 1.29 is 18.7 Å². The highest BCUT2D eigenvalue weighted by Gasteiger charge is 2.19. The number of ether oxygens (including phenoxy) is 1. The van der Waals surface area contributed by atoms with E-state index in [1.54, 1.807) is 13.0 Å². The highest BCUT2D eigenvalue weighted by atomic mass is 16.5. The Morgan fingerprint density at radius 1 is 1.00 bits per heavy atom. The predicted octanol–water partition coefficient (Wildman–Crippen LogP) is 3.25. The molecule has 0 aliphatic heterocycles. The predicted molar refractivity (Wildman–Crippen MR) is 113 cm³/mol. The van der Waals surface area contributed by atoms with E-state index < -0.39 is 5.63 Å². The van der Waals surface area contributed by atoms with Crippen LogP contribution >= 0.6 is 0 Å². The summed E-state index contributed by atoms with van der Waals surface area (Å²) in [7, 11) is 8.07. The zero-order valence-corrected chi connectivity index (χ0v) is 17.8. The second kappa shape index (κ2) is 8.31. The van der Waals surface area contributed by atoms with Gasteiger partial charge in [-0.05, 0) is 66.3 Å². The fourth-order valence-electron chi connectivity index (χ4n) is 3.31. The highest BCUT2D eigenvalue weighted by molar-refractivity contribution is 5.84. The van der Waals surface area contributed by atoms with E-state index in [9.17, 15) is 9.90 Å². The van der Waals surface area contributed by atoms with E-state index in [2.05, 4.69) is 9.80 Å². The maximum Gasteiger partial charge on any atom is 0.343 e. The first kappa shape index (κ1) is 21.0. The fourth-order valence-corrected chi connectivity index (χ4v) is 3.31. The second-order valence-electron chi connectivity index (χ2n) is 7.89. The number of hydrogen-bond donors (Lipinski definition) is 1. The maximum atomic E-state index is 12.0. The monoisotopic (exact) mass is 400 g/mol. The van der Waals surface area contributed by atoms with Gasteiger partial charge in [0.2, 0.25) is 0 Å². The van der Waals surface area contributed by atoms with Gasteiger partial charge in [-0.25, -0.2) is 4.79 Å². The number of likely N-dealkylation sites (N-methyl/N-ethyl adjacent to an activating group) is 2.